The normalized spacial score (nSPS) is 23.6. The van der Waals surface area contributed by atoms with Gasteiger partial charge in [-0.25, -0.2) is 0 Å². The van der Waals surface area contributed by atoms with E-state index < -0.39 is 17.9 Å². The van der Waals surface area contributed by atoms with Crippen molar-refractivity contribution in [2.75, 3.05) is 55.6 Å². The zero-order chi connectivity index (χ0) is 37.6. The zero-order valence-electron chi connectivity index (χ0n) is 31.2. The summed E-state index contributed by atoms with van der Waals surface area (Å²) >= 11 is 0. The Hall–Kier alpha value is -5.28. The topological polar surface area (TPSA) is 101 Å². The summed E-state index contributed by atoms with van der Waals surface area (Å²) in [5, 5.41) is 10.2. The molecule has 9 nitrogen and oxygen atoms in total. The monoisotopic (exact) mass is 736 g/mol. The number of imide groups is 1. The molecule has 2 aliphatic carbocycles. The predicted octanol–water partition coefficient (Wildman–Crippen LogP) is 6.58. The SMILES string of the molecule is O=C1CCC(N2C(=O)c3ccc(N4CCN(CC5CCN(c6ccc([C@@H]7c8ccc(O)cc8CC[C@@H]7c7ccccc7)cc6)CC5)CC4)cc3C2=O)C(=O)C1. The number of carbonyl (C=O) groups is 4. The third kappa shape index (κ3) is 6.84. The molecule has 3 aliphatic heterocycles. The van der Waals surface area contributed by atoms with Crippen LogP contribution in [-0.4, -0.2) is 90.1 Å². The molecule has 0 bridgehead atoms. The second kappa shape index (κ2) is 14.8. The number of piperidine rings is 1. The Balaban J connectivity index is 0.788. The molecule has 5 aliphatic rings. The molecule has 55 heavy (non-hydrogen) atoms. The third-order valence-corrected chi connectivity index (χ3v) is 13.0. The summed E-state index contributed by atoms with van der Waals surface area (Å²) in [6.45, 7) is 6.75. The first-order chi connectivity index (χ1) is 26.8. The number of Topliss-reactive ketones (excluding diaryl/α,β-unsaturated/α-hetero) is 2. The number of carbonyl (C=O) groups excluding carboxylic acids is 4. The number of anilines is 2. The smallest absolute Gasteiger partial charge is 0.262 e. The van der Waals surface area contributed by atoms with Crippen LogP contribution in [-0.2, 0) is 16.0 Å². The number of phenolic OH excluding ortho intramolecular Hbond substituents is 1. The molecular formula is C46H48N4O5. The highest BCUT2D eigenvalue weighted by molar-refractivity contribution is 6.24. The number of aryl methyl sites for hydroxylation is 1. The van der Waals surface area contributed by atoms with E-state index in [1.54, 1.807) is 6.07 Å². The molecule has 1 saturated carbocycles. The zero-order valence-corrected chi connectivity index (χ0v) is 31.2. The number of rotatable bonds is 7. The molecule has 2 saturated heterocycles. The van der Waals surface area contributed by atoms with E-state index >= 15 is 0 Å². The second-order valence-corrected chi connectivity index (χ2v) is 16.2. The lowest BCUT2D eigenvalue weighted by Gasteiger charge is -2.40. The molecule has 3 fully saturated rings. The maximum atomic E-state index is 13.4. The summed E-state index contributed by atoms with van der Waals surface area (Å²) in [5.74, 6) is 0.300. The number of nitrogens with zero attached hydrogens (tertiary/aromatic N) is 4. The first kappa shape index (κ1) is 35.4. The van der Waals surface area contributed by atoms with Crippen molar-refractivity contribution in [2.24, 2.45) is 5.92 Å². The average Bonchev–Trinajstić information content (AvgIpc) is 3.46. The molecule has 1 N–H and O–H groups in total. The van der Waals surface area contributed by atoms with Crippen LogP contribution in [0, 0.1) is 5.92 Å². The number of hydrogen-bond donors (Lipinski definition) is 1. The number of ketones is 2. The summed E-state index contributed by atoms with van der Waals surface area (Å²) in [6.07, 6.45) is 4.57. The van der Waals surface area contributed by atoms with Gasteiger partial charge in [0.2, 0.25) is 0 Å². The fourth-order valence-corrected chi connectivity index (χ4v) is 9.96. The van der Waals surface area contributed by atoms with Gasteiger partial charge < -0.3 is 14.9 Å². The van der Waals surface area contributed by atoms with E-state index in [9.17, 15) is 24.3 Å². The average molecular weight is 737 g/mol. The van der Waals surface area contributed by atoms with Crippen LogP contribution in [0.3, 0.4) is 0 Å². The fourth-order valence-electron chi connectivity index (χ4n) is 9.96. The van der Waals surface area contributed by atoms with Gasteiger partial charge in [-0.2, -0.15) is 0 Å². The Kier molecular flexibility index (Phi) is 9.50. The van der Waals surface area contributed by atoms with E-state index in [0.717, 1.165) is 82.1 Å². The van der Waals surface area contributed by atoms with Crippen LogP contribution in [0.25, 0.3) is 0 Å². The predicted molar refractivity (Wildman–Crippen MR) is 212 cm³/mol. The third-order valence-electron chi connectivity index (χ3n) is 13.0. The molecule has 9 heteroatoms. The molecule has 0 radical (unpaired) electrons. The van der Waals surface area contributed by atoms with Crippen molar-refractivity contribution in [3.8, 4) is 5.75 Å². The van der Waals surface area contributed by atoms with Crippen molar-refractivity contribution in [1.82, 2.24) is 9.80 Å². The molecule has 4 aromatic rings. The van der Waals surface area contributed by atoms with E-state index in [-0.39, 0.29) is 36.7 Å². The molecule has 282 valence electrons. The molecule has 3 atom stereocenters. The lowest BCUT2D eigenvalue weighted by atomic mass is 9.69. The minimum atomic E-state index is -0.847. The highest BCUT2D eigenvalue weighted by Gasteiger charge is 2.44. The largest absolute Gasteiger partial charge is 0.508 e. The number of piperazine rings is 1. The Bertz CT molecular complexity index is 2120. The van der Waals surface area contributed by atoms with E-state index in [1.807, 2.05) is 24.3 Å². The van der Waals surface area contributed by atoms with Gasteiger partial charge in [-0.05, 0) is 109 Å². The standard InChI is InChI=1S/C46H48N4O5/c51-36-12-16-39-33(26-36)8-14-38(31-4-2-1-3-5-31)44(39)32-6-9-34(10-7-32)48-20-18-30(19-21-48)29-47-22-24-49(25-23-47)35-11-15-40-41(27-35)46(55)50(45(40)54)42-17-13-37(52)28-43(42)53/h1-7,9-12,15-16,26-27,30,38,42,44,51H,8,13-14,17-25,28-29H2/t38-,42?,44+/m1/s1. The minimum Gasteiger partial charge on any atom is -0.508 e. The number of amides is 2. The van der Waals surface area contributed by atoms with Crippen molar-refractivity contribution in [3.05, 3.63) is 124 Å². The summed E-state index contributed by atoms with van der Waals surface area (Å²) in [5.41, 5.74) is 8.19. The van der Waals surface area contributed by atoms with Crippen LogP contribution in [0.1, 0.15) is 93.3 Å². The van der Waals surface area contributed by atoms with Gasteiger partial charge in [0, 0.05) is 69.5 Å². The summed E-state index contributed by atoms with van der Waals surface area (Å²) in [4.78, 5) is 59.3. The maximum Gasteiger partial charge on any atom is 0.262 e. The van der Waals surface area contributed by atoms with Crippen LogP contribution < -0.4 is 9.80 Å². The lowest BCUT2D eigenvalue weighted by molar-refractivity contribution is -0.132. The van der Waals surface area contributed by atoms with Crippen molar-refractivity contribution in [1.29, 1.82) is 0 Å². The lowest BCUT2D eigenvalue weighted by Crippen LogP contribution is -2.49. The Morgan fingerprint density at radius 1 is 0.618 bits per heavy atom. The van der Waals surface area contributed by atoms with Crippen molar-refractivity contribution in [2.45, 2.75) is 62.8 Å². The van der Waals surface area contributed by atoms with Crippen LogP contribution in [0.4, 0.5) is 11.4 Å². The van der Waals surface area contributed by atoms with Gasteiger partial charge in [-0.3, -0.25) is 29.0 Å². The molecular weight excluding hydrogens is 689 g/mol. The van der Waals surface area contributed by atoms with Gasteiger partial charge in [0.15, 0.2) is 5.78 Å². The highest BCUT2D eigenvalue weighted by atomic mass is 16.3. The quantitative estimate of drug-likeness (QED) is 0.168. The number of fused-ring (bicyclic) bond motifs is 2. The molecule has 1 unspecified atom stereocenters. The van der Waals surface area contributed by atoms with E-state index in [1.165, 1.54) is 27.9 Å². The van der Waals surface area contributed by atoms with Crippen LogP contribution >= 0.6 is 0 Å². The second-order valence-electron chi connectivity index (χ2n) is 16.2. The Morgan fingerprint density at radius 2 is 1.33 bits per heavy atom. The number of phenols is 1. The van der Waals surface area contributed by atoms with Crippen LogP contribution in [0.15, 0.2) is 91.0 Å². The number of aromatic hydroxyl groups is 1. The molecule has 0 spiro atoms. The van der Waals surface area contributed by atoms with Gasteiger partial charge in [-0.15, -0.1) is 0 Å². The fraction of sp³-hybridized carbons (Fsp3) is 0.391. The number of hydrogen-bond acceptors (Lipinski definition) is 8. The van der Waals surface area contributed by atoms with Crippen LogP contribution in [0.2, 0.25) is 0 Å². The van der Waals surface area contributed by atoms with E-state index in [0.29, 0.717) is 28.7 Å². The first-order valence-electron chi connectivity index (χ1n) is 20.1. The molecule has 2 amide bonds. The van der Waals surface area contributed by atoms with Crippen LogP contribution in [0.5, 0.6) is 5.75 Å². The van der Waals surface area contributed by atoms with E-state index in [4.69, 9.17) is 0 Å². The minimum absolute atomic E-state index is 0.130. The summed E-state index contributed by atoms with van der Waals surface area (Å²) < 4.78 is 0. The van der Waals surface area contributed by atoms with Crippen molar-refractivity contribution < 1.29 is 24.3 Å². The molecule has 4 aromatic carbocycles. The van der Waals surface area contributed by atoms with Crippen molar-refractivity contribution >= 4 is 34.8 Å². The summed E-state index contributed by atoms with van der Waals surface area (Å²) in [7, 11) is 0. The van der Waals surface area contributed by atoms with Gasteiger partial charge >= 0.3 is 0 Å². The maximum absolute atomic E-state index is 13.4. The Morgan fingerprint density at radius 3 is 2.07 bits per heavy atom. The highest BCUT2D eigenvalue weighted by Crippen LogP contribution is 2.47. The molecule has 0 aromatic heterocycles. The van der Waals surface area contributed by atoms with Gasteiger partial charge in [0.05, 0.1) is 23.6 Å². The number of benzene rings is 4. The van der Waals surface area contributed by atoms with Gasteiger partial charge in [-0.1, -0.05) is 48.5 Å². The Labute approximate surface area is 322 Å². The first-order valence-corrected chi connectivity index (χ1v) is 20.1. The molecule has 3 heterocycles. The van der Waals surface area contributed by atoms with Gasteiger partial charge in [0.25, 0.3) is 11.8 Å². The van der Waals surface area contributed by atoms with Crippen molar-refractivity contribution in [3.63, 3.8) is 0 Å². The van der Waals surface area contributed by atoms with E-state index in [2.05, 4.69) is 75.4 Å². The summed E-state index contributed by atoms with van der Waals surface area (Å²) in [6, 6.07) is 30.7. The molecule has 9 rings (SSSR count). The van der Waals surface area contributed by atoms with Gasteiger partial charge in [0.1, 0.15) is 11.5 Å².